The topological polar surface area (TPSA) is 72.9 Å². The molecular formula is C32H44ClN3O3. The van der Waals surface area contributed by atoms with Crippen LogP contribution in [0.25, 0.3) is 11.1 Å². The van der Waals surface area contributed by atoms with E-state index < -0.39 is 5.41 Å². The lowest BCUT2D eigenvalue weighted by atomic mass is 9.63. The Morgan fingerprint density at radius 3 is 2.44 bits per heavy atom. The number of Topliss-reactive ketones (excluding diaryl/α,β-unsaturated/α-hetero) is 2. The third-order valence-electron chi connectivity index (χ3n) is 9.59. The molecule has 1 spiro atoms. The standard InChI is InChI=1S/C32H43N3O3.ClH/c1-3-4-13-32(20-28(37)11-12-30(32)38)29-22-34(2)31(23-33-29)14-16-35(17-15-31)21-24-7-5-8-25(18-24)26-9-6-10-27(36)19-26;/h5-10,18-19,29,33,36H,3-4,11-17,20-23H2,1-2H3;1H/t29-,32?;/m1./s1. The van der Waals surface area contributed by atoms with Crippen LogP contribution < -0.4 is 5.32 Å². The smallest absolute Gasteiger partial charge is 0.141 e. The molecule has 0 radical (unpaired) electrons. The Labute approximate surface area is 239 Å². The quantitative estimate of drug-likeness (QED) is 0.490. The lowest BCUT2D eigenvalue weighted by Crippen LogP contribution is -2.70. The Morgan fingerprint density at radius 2 is 1.74 bits per heavy atom. The second kappa shape index (κ2) is 12.5. The normalized spacial score (nSPS) is 25.9. The van der Waals surface area contributed by atoms with Gasteiger partial charge in [-0.2, -0.15) is 0 Å². The second-order valence-corrected chi connectivity index (χ2v) is 12.0. The summed E-state index contributed by atoms with van der Waals surface area (Å²) in [7, 11) is 2.23. The summed E-state index contributed by atoms with van der Waals surface area (Å²) in [6, 6.07) is 16.1. The van der Waals surface area contributed by atoms with Crippen molar-refractivity contribution in [3.8, 4) is 16.9 Å². The van der Waals surface area contributed by atoms with Crippen LogP contribution >= 0.6 is 12.4 Å². The first-order chi connectivity index (χ1) is 18.3. The highest BCUT2D eigenvalue weighted by molar-refractivity contribution is 5.97. The molecule has 3 aliphatic rings. The highest BCUT2D eigenvalue weighted by Gasteiger charge is 2.52. The number of phenols is 1. The van der Waals surface area contributed by atoms with Gasteiger partial charge in [-0.25, -0.2) is 0 Å². The van der Waals surface area contributed by atoms with E-state index >= 15 is 0 Å². The van der Waals surface area contributed by atoms with E-state index in [1.165, 1.54) is 5.56 Å². The predicted molar refractivity (Wildman–Crippen MR) is 158 cm³/mol. The van der Waals surface area contributed by atoms with Crippen LogP contribution in [-0.2, 0) is 16.1 Å². The molecule has 2 aromatic carbocycles. The van der Waals surface area contributed by atoms with Crippen LogP contribution in [0.1, 0.15) is 63.9 Å². The largest absolute Gasteiger partial charge is 0.508 e. The molecule has 0 bridgehead atoms. The molecule has 39 heavy (non-hydrogen) atoms. The zero-order chi connectivity index (χ0) is 26.8. The highest BCUT2D eigenvalue weighted by atomic mass is 35.5. The molecule has 2 aromatic rings. The SMILES string of the molecule is CCCCC1([C@H]2CN(C)C3(CCN(Cc4cccc(-c5cccc(O)c5)c4)CC3)CN2)CC(=O)CCC1=O.Cl. The van der Waals surface area contributed by atoms with Crippen LogP contribution in [0.15, 0.2) is 48.5 Å². The summed E-state index contributed by atoms with van der Waals surface area (Å²) in [4.78, 5) is 30.8. The van der Waals surface area contributed by atoms with Crippen molar-refractivity contribution in [3.63, 3.8) is 0 Å². The number of likely N-dealkylation sites (tertiary alicyclic amines) is 1. The molecule has 0 aromatic heterocycles. The van der Waals surface area contributed by atoms with Crippen LogP contribution in [0.4, 0.5) is 0 Å². The van der Waals surface area contributed by atoms with Crippen molar-refractivity contribution >= 4 is 24.0 Å². The van der Waals surface area contributed by atoms with E-state index in [9.17, 15) is 14.7 Å². The van der Waals surface area contributed by atoms with Gasteiger partial charge in [-0.1, -0.05) is 50.1 Å². The van der Waals surface area contributed by atoms with Gasteiger partial charge in [0.15, 0.2) is 0 Å². The van der Waals surface area contributed by atoms with Crippen LogP contribution in [0, 0.1) is 5.41 Å². The number of carbonyl (C=O) groups excluding carboxylic acids is 2. The molecular weight excluding hydrogens is 510 g/mol. The van der Waals surface area contributed by atoms with Gasteiger partial charge in [0.25, 0.3) is 0 Å². The minimum absolute atomic E-state index is 0. The Morgan fingerprint density at radius 1 is 1.03 bits per heavy atom. The summed E-state index contributed by atoms with van der Waals surface area (Å²) in [6.45, 7) is 6.85. The van der Waals surface area contributed by atoms with Gasteiger partial charge >= 0.3 is 0 Å². The minimum Gasteiger partial charge on any atom is -0.508 e. The fourth-order valence-corrected chi connectivity index (χ4v) is 7.08. The molecule has 1 aliphatic carbocycles. The van der Waals surface area contributed by atoms with E-state index in [2.05, 4.69) is 53.4 Å². The number of halogens is 1. The molecule has 1 unspecified atom stereocenters. The molecule has 5 rings (SSSR count). The molecule has 2 N–H and O–H groups in total. The second-order valence-electron chi connectivity index (χ2n) is 12.0. The first kappa shape index (κ1) is 29.7. The highest BCUT2D eigenvalue weighted by Crippen LogP contribution is 2.43. The van der Waals surface area contributed by atoms with Crippen molar-refractivity contribution in [2.75, 3.05) is 33.2 Å². The lowest BCUT2D eigenvalue weighted by Gasteiger charge is -2.55. The molecule has 2 heterocycles. The van der Waals surface area contributed by atoms with E-state index in [1.807, 2.05) is 18.2 Å². The van der Waals surface area contributed by atoms with Gasteiger partial charge in [-0.15, -0.1) is 12.4 Å². The Kier molecular flexibility index (Phi) is 9.53. The Balaban J connectivity index is 0.00000353. The summed E-state index contributed by atoms with van der Waals surface area (Å²) >= 11 is 0. The van der Waals surface area contributed by atoms with Crippen LogP contribution in [0.5, 0.6) is 5.75 Å². The van der Waals surface area contributed by atoms with E-state index in [0.29, 0.717) is 25.0 Å². The van der Waals surface area contributed by atoms with Crippen molar-refractivity contribution in [1.29, 1.82) is 0 Å². The molecule has 2 saturated heterocycles. The predicted octanol–water partition coefficient (Wildman–Crippen LogP) is 5.22. The molecule has 3 fully saturated rings. The molecule has 212 valence electrons. The van der Waals surface area contributed by atoms with E-state index in [0.717, 1.165) is 76.0 Å². The van der Waals surface area contributed by atoms with Crippen molar-refractivity contribution < 1.29 is 14.7 Å². The zero-order valence-electron chi connectivity index (χ0n) is 23.5. The maximum atomic E-state index is 13.3. The number of hydrogen-bond donors (Lipinski definition) is 2. The Bertz CT molecular complexity index is 1160. The van der Waals surface area contributed by atoms with Crippen molar-refractivity contribution in [1.82, 2.24) is 15.1 Å². The van der Waals surface area contributed by atoms with Gasteiger partial charge in [-0.05, 0) is 61.2 Å². The first-order valence-electron chi connectivity index (χ1n) is 14.4. The van der Waals surface area contributed by atoms with Crippen LogP contribution in [0.2, 0.25) is 0 Å². The Hall–Kier alpha value is -2.25. The number of benzene rings is 2. The number of rotatable bonds is 7. The third kappa shape index (κ3) is 6.25. The van der Waals surface area contributed by atoms with Crippen molar-refractivity contribution in [3.05, 3.63) is 54.1 Å². The number of nitrogens with zero attached hydrogens (tertiary/aromatic N) is 2. The van der Waals surface area contributed by atoms with Gasteiger partial charge in [0.05, 0.1) is 5.41 Å². The minimum atomic E-state index is -0.525. The van der Waals surface area contributed by atoms with E-state index in [4.69, 9.17) is 0 Å². The fraction of sp³-hybridized carbons (Fsp3) is 0.562. The monoisotopic (exact) mass is 553 g/mol. The molecule has 1 saturated carbocycles. The van der Waals surface area contributed by atoms with Gasteiger partial charge in [0.1, 0.15) is 17.3 Å². The first-order valence-corrected chi connectivity index (χ1v) is 14.4. The van der Waals surface area contributed by atoms with E-state index in [1.54, 1.807) is 6.07 Å². The number of unbranched alkanes of at least 4 members (excludes halogenated alkanes) is 1. The summed E-state index contributed by atoms with van der Waals surface area (Å²) in [5, 5.41) is 13.7. The summed E-state index contributed by atoms with van der Waals surface area (Å²) in [5.74, 6) is 0.847. The number of carbonyl (C=O) groups is 2. The average Bonchev–Trinajstić information content (AvgIpc) is 2.92. The number of ketones is 2. The number of aromatic hydroxyl groups is 1. The molecule has 0 amide bonds. The molecule has 2 atom stereocenters. The summed E-state index contributed by atoms with van der Waals surface area (Å²) in [5.41, 5.74) is 3.02. The molecule has 2 aliphatic heterocycles. The van der Waals surface area contributed by atoms with Gasteiger partial charge in [0, 0.05) is 63.6 Å². The van der Waals surface area contributed by atoms with Gasteiger partial charge < -0.3 is 10.4 Å². The maximum absolute atomic E-state index is 13.3. The number of piperazine rings is 1. The van der Waals surface area contributed by atoms with Gasteiger partial charge in [0.2, 0.25) is 0 Å². The van der Waals surface area contributed by atoms with E-state index in [-0.39, 0.29) is 35.5 Å². The number of hydrogen-bond acceptors (Lipinski definition) is 6. The summed E-state index contributed by atoms with van der Waals surface area (Å²) < 4.78 is 0. The fourth-order valence-electron chi connectivity index (χ4n) is 7.08. The lowest BCUT2D eigenvalue weighted by molar-refractivity contribution is -0.144. The number of likely N-dealkylation sites (N-methyl/N-ethyl adjacent to an activating group) is 1. The number of phenolic OH excluding ortho intramolecular Hbond substituents is 1. The van der Waals surface area contributed by atoms with Crippen molar-refractivity contribution in [2.24, 2.45) is 5.41 Å². The maximum Gasteiger partial charge on any atom is 0.141 e. The zero-order valence-corrected chi connectivity index (χ0v) is 24.3. The van der Waals surface area contributed by atoms with Crippen LogP contribution in [-0.4, -0.2) is 71.3 Å². The molecule has 6 nitrogen and oxygen atoms in total. The summed E-state index contributed by atoms with van der Waals surface area (Å²) in [6.07, 6.45) is 6.29. The average molecular weight is 554 g/mol. The van der Waals surface area contributed by atoms with Crippen molar-refractivity contribution in [2.45, 2.75) is 76.4 Å². The third-order valence-corrected chi connectivity index (χ3v) is 9.59. The molecule has 7 heteroatoms. The number of nitrogens with one attached hydrogen (secondary N) is 1. The van der Waals surface area contributed by atoms with Gasteiger partial charge in [-0.3, -0.25) is 19.4 Å². The van der Waals surface area contributed by atoms with Crippen LogP contribution in [0.3, 0.4) is 0 Å². The number of piperidine rings is 1.